The molecule has 1 aromatic rings. The van der Waals surface area contributed by atoms with E-state index < -0.39 is 21.2 Å². The number of rotatable bonds is 6. The van der Waals surface area contributed by atoms with Crippen LogP contribution in [0, 0.1) is 5.41 Å². The van der Waals surface area contributed by atoms with Gasteiger partial charge in [0.2, 0.25) is 0 Å². The molecule has 1 saturated carbocycles. The lowest BCUT2D eigenvalue weighted by atomic mass is 9.93. The molecule has 1 heterocycles. The Morgan fingerprint density at radius 3 is 2.48 bits per heavy atom. The first kappa shape index (κ1) is 16.4. The van der Waals surface area contributed by atoms with Gasteiger partial charge in [0.15, 0.2) is 9.84 Å². The summed E-state index contributed by atoms with van der Waals surface area (Å²) in [7, 11) is -3.32. The number of aromatic nitrogens is 1. The quantitative estimate of drug-likeness (QED) is 0.866. The molecule has 118 valence electrons. The number of nitrogens with zero attached hydrogens (tertiary/aromatic N) is 1. The van der Waals surface area contributed by atoms with Crippen LogP contribution in [0.15, 0.2) is 5.38 Å². The lowest BCUT2D eigenvalue weighted by Gasteiger charge is -2.14. The average molecular weight is 331 g/mol. The molecule has 0 bridgehead atoms. The molecule has 1 N–H and O–H groups in total. The first-order valence-corrected chi connectivity index (χ1v) is 9.59. The Labute approximate surface area is 129 Å². The van der Waals surface area contributed by atoms with Crippen LogP contribution in [-0.4, -0.2) is 30.2 Å². The summed E-state index contributed by atoms with van der Waals surface area (Å²) in [6, 6.07) is 0. The smallest absolute Gasteiger partial charge is 0.303 e. The second-order valence-electron chi connectivity index (χ2n) is 6.98. The topological polar surface area (TPSA) is 84.3 Å². The van der Waals surface area contributed by atoms with Gasteiger partial charge in [-0.15, -0.1) is 11.3 Å². The number of carbonyl (C=O) groups is 1. The maximum absolute atomic E-state index is 12.3. The number of aliphatic carboxylic acids is 1. The maximum atomic E-state index is 12.3. The van der Waals surface area contributed by atoms with Gasteiger partial charge in [-0.1, -0.05) is 20.8 Å². The summed E-state index contributed by atoms with van der Waals surface area (Å²) >= 11 is 1.36. The average Bonchev–Trinajstić information content (AvgIpc) is 2.83. The van der Waals surface area contributed by atoms with Crippen LogP contribution in [0.5, 0.6) is 0 Å². The van der Waals surface area contributed by atoms with E-state index in [1.54, 1.807) is 0 Å². The summed E-state index contributed by atoms with van der Waals surface area (Å²) in [5, 5.41) is 11.4. The van der Waals surface area contributed by atoms with E-state index in [0.29, 0.717) is 17.8 Å². The van der Waals surface area contributed by atoms with Gasteiger partial charge in [-0.3, -0.25) is 4.79 Å². The number of hydrogen-bond acceptors (Lipinski definition) is 5. The molecule has 0 spiro atoms. The lowest BCUT2D eigenvalue weighted by molar-refractivity contribution is -0.138. The van der Waals surface area contributed by atoms with Crippen molar-refractivity contribution in [3.63, 3.8) is 0 Å². The predicted molar refractivity (Wildman–Crippen MR) is 82.2 cm³/mol. The van der Waals surface area contributed by atoms with Crippen LogP contribution in [0.2, 0.25) is 0 Å². The molecule has 0 unspecified atom stereocenters. The zero-order valence-corrected chi connectivity index (χ0v) is 14.2. The van der Waals surface area contributed by atoms with Crippen molar-refractivity contribution in [1.82, 2.24) is 4.98 Å². The monoisotopic (exact) mass is 331 g/mol. The van der Waals surface area contributed by atoms with Crippen molar-refractivity contribution in [2.75, 3.05) is 5.75 Å². The van der Waals surface area contributed by atoms with Gasteiger partial charge in [-0.25, -0.2) is 13.4 Å². The molecular formula is C14H21NO4S2. The predicted octanol–water partition coefficient (Wildman–Crippen LogP) is 2.61. The fourth-order valence-corrected chi connectivity index (χ4v) is 5.78. The van der Waals surface area contributed by atoms with Crippen molar-refractivity contribution in [3.05, 3.63) is 16.1 Å². The van der Waals surface area contributed by atoms with E-state index in [9.17, 15) is 13.2 Å². The highest BCUT2D eigenvalue weighted by molar-refractivity contribution is 7.90. The van der Waals surface area contributed by atoms with Crippen LogP contribution in [0.25, 0.3) is 0 Å². The minimum absolute atomic E-state index is 0.0449. The first-order chi connectivity index (χ1) is 9.51. The SMILES string of the molecule is CC(C)(C)c1csc(CS(=O)(=O)CC2(CC(=O)O)CC2)n1. The Kier molecular flexibility index (Phi) is 4.19. The van der Waals surface area contributed by atoms with Crippen LogP contribution in [0.4, 0.5) is 0 Å². The molecule has 21 heavy (non-hydrogen) atoms. The fraction of sp³-hybridized carbons (Fsp3) is 0.714. The van der Waals surface area contributed by atoms with Crippen molar-refractivity contribution in [2.45, 2.75) is 51.2 Å². The largest absolute Gasteiger partial charge is 0.481 e. The van der Waals surface area contributed by atoms with E-state index in [0.717, 1.165) is 5.69 Å². The van der Waals surface area contributed by atoms with E-state index in [2.05, 4.69) is 4.98 Å². The van der Waals surface area contributed by atoms with E-state index >= 15 is 0 Å². The van der Waals surface area contributed by atoms with Crippen molar-refractivity contribution in [1.29, 1.82) is 0 Å². The highest BCUT2D eigenvalue weighted by atomic mass is 32.2. The molecule has 1 aliphatic rings. The summed E-state index contributed by atoms with van der Waals surface area (Å²) in [6.07, 6.45) is 1.31. The number of thiazole rings is 1. The molecule has 0 aromatic carbocycles. The molecule has 0 radical (unpaired) electrons. The minimum atomic E-state index is -3.32. The van der Waals surface area contributed by atoms with Gasteiger partial charge in [-0.05, 0) is 18.3 Å². The van der Waals surface area contributed by atoms with Crippen molar-refractivity contribution in [3.8, 4) is 0 Å². The highest BCUT2D eigenvalue weighted by Crippen LogP contribution is 2.50. The third-order valence-corrected chi connectivity index (χ3v) is 6.47. The molecule has 1 aliphatic carbocycles. The van der Waals surface area contributed by atoms with E-state index in [4.69, 9.17) is 5.11 Å². The number of carboxylic acids is 1. The van der Waals surface area contributed by atoms with Gasteiger partial charge < -0.3 is 5.11 Å². The Bertz CT molecular complexity index is 636. The third kappa shape index (κ3) is 4.51. The van der Waals surface area contributed by atoms with Gasteiger partial charge in [-0.2, -0.15) is 0 Å². The summed E-state index contributed by atoms with van der Waals surface area (Å²) < 4.78 is 24.5. The number of sulfone groups is 1. The Morgan fingerprint density at radius 2 is 2.05 bits per heavy atom. The molecule has 7 heteroatoms. The Hall–Kier alpha value is -0.950. The molecule has 0 saturated heterocycles. The molecule has 0 atom stereocenters. The van der Waals surface area contributed by atoms with Crippen molar-refractivity contribution < 1.29 is 18.3 Å². The van der Waals surface area contributed by atoms with E-state index in [-0.39, 0.29) is 23.3 Å². The van der Waals surface area contributed by atoms with Crippen LogP contribution in [0.1, 0.15) is 50.7 Å². The summed E-state index contributed by atoms with van der Waals surface area (Å²) in [5.41, 5.74) is 0.262. The van der Waals surface area contributed by atoms with Gasteiger partial charge >= 0.3 is 5.97 Å². The van der Waals surface area contributed by atoms with Crippen LogP contribution >= 0.6 is 11.3 Å². The van der Waals surface area contributed by atoms with Crippen LogP contribution in [0.3, 0.4) is 0 Å². The Balaban J connectivity index is 2.05. The van der Waals surface area contributed by atoms with Gasteiger partial charge in [0.25, 0.3) is 0 Å². The summed E-state index contributed by atoms with van der Waals surface area (Å²) in [5.74, 6) is -1.06. The minimum Gasteiger partial charge on any atom is -0.481 e. The molecule has 1 aromatic heterocycles. The molecule has 0 aliphatic heterocycles. The fourth-order valence-electron chi connectivity index (χ4n) is 2.30. The molecule has 0 amide bonds. The third-order valence-electron chi connectivity index (χ3n) is 3.67. The van der Waals surface area contributed by atoms with Gasteiger partial charge in [0, 0.05) is 10.8 Å². The lowest BCUT2D eigenvalue weighted by Crippen LogP contribution is -2.21. The van der Waals surface area contributed by atoms with Crippen LogP contribution < -0.4 is 0 Å². The molecule has 5 nitrogen and oxygen atoms in total. The second-order valence-corrected chi connectivity index (χ2v) is 9.99. The van der Waals surface area contributed by atoms with Crippen LogP contribution in [-0.2, 0) is 25.8 Å². The van der Waals surface area contributed by atoms with Gasteiger partial charge in [0.1, 0.15) is 10.8 Å². The zero-order chi connectivity index (χ0) is 15.9. The van der Waals surface area contributed by atoms with E-state index in [1.807, 2.05) is 26.2 Å². The number of carboxylic acid groups (broad SMARTS) is 1. The summed E-state index contributed by atoms with van der Waals surface area (Å²) in [4.78, 5) is 15.2. The normalized spacial score (nSPS) is 17.7. The molecular weight excluding hydrogens is 310 g/mol. The molecule has 2 rings (SSSR count). The van der Waals surface area contributed by atoms with Gasteiger partial charge in [0.05, 0.1) is 17.9 Å². The van der Waals surface area contributed by atoms with Crippen molar-refractivity contribution >= 4 is 27.1 Å². The first-order valence-electron chi connectivity index (χ1n) is 6.89. The summed E-state index contributed by atoms with van der Waals surface area (Å²) in [6.45, 7) is 6.10. The second kappa shape index (κ2) is 5.35. The molecule has 1 fully saturated rings. The van der Waals surface area contributed by atoms with E-state index in [1.165, 1.54) is 11.3 Å². The maximum Gasteiger partial charge on any atom is 0.303 e. The standard InChI is InChI=1S/C14H21NO4S2/c1-13(2,3)10-7-20-11(15-10)8-21(18,19)9-14(4-5-14)6-12(16)17/h7H,4-6,8-9H2,1-3H3,(H,16,17). The highest BCUT2D eigenvalue weighted by Gasteiger charge is 2.47. The Morgan fingerprint density at radius 1 is 1.43 bits per heavy atom. The van der Waals surface area contributed by atoms with Crippen molar-refractivity contribution in [2.24, 2.45) is 5.41 Å². The number of hydrogen-bond donors (Lipinski definition) is 1. The zero-order valence-electron chi connectivity index (χ0n) is 12.5.